The molecular weight excluding hydrogens is 1330 g/mol. The van der Waals surface area contributed by atoms with Gasteiger partial charge >= 0.3 is 0 Å². The van der Waals surface area contributed by atoms with E-state index in [1.807, 2.05) is 129 Å². The molecule has 106 heavy (non-hydrogen) atoms. The summed E-state index contributed by atoms with van der Waals surface area (Å²) in [6.45, 7) is 21.6. The summed E-state index contributed by atoms with van der Waals surface area (Å²) < 4.78 is 6.35. The van der Waals surface area contributed by atoms with Crippen LogP contribution < -0.4 is 16.0 Å². The third-order valence-corrected chi connectivity index (χ3v) is 19.1. The maximum atomic E-state index is 12.7. The zero-order valence-corrected chi connectivity index (χ0v) is 59.7. The van der Waals surface area contributed by atoms with Crippen molar-refractivity contribution in [2.24, 2.45) is 0 Å². The molecule has 3 saturated heterocycles. The van der Waals surface area contributed by atoms with Crippen LogP contribution in [0.5, 0.6) is 0 Å². The molecule has 3 N–H and O–H groups in total. The molecule has 24 nitrogen and oxygen atoms in total. The molecule has 12 aromatic rings. The zero-order chi connectivity index (χ0) is 74.1. The third kappa shape index (κ3) is 14.9. The summed E-state index contributed by atoms with van der Waals surface area (Å²) in [7, 11) is 0. The number of imidazole rings is 3. The summed E-state index contributed by atoms with van der Waals surface area (Å²) in [5.74, 6) is 8.56. The van der Waals surface area contributed by atoms with E-state index >= 15 is 0 Å². The van der Waals surface area contributed by atoms with Crippen molar-refractivity contribution in [3.63, 3.8) is 0 Å². The fraction of sp³-hybridized carbons (Fsp3) is 0.232. The van der Waals surface area contributed by atoms with Crippen LogP contribution in [-0.4, -0.2) is 134 Å². The molecule has 0 unspecified atom stereocenters. The van der Waals surface area contributed by atoms with E-state index in [-0.39, 0.29) is 53.4 Å². The number of amides is 6. The highest BCUT2D eigenvalue weighted by Gasteiger charge is 2.36. The molecule has 0 aliphatic carbocycles. The van der Waals surface area contributed by atoms with Gasteiger partial charge in [0.2, 0.25) is 11.8 Å². The van der Waals surface area contributed by atoms with Crippen LogP contribution in [-0.2, 0) is 14.4 Å². The molecule has 532 valence electrons. The lowest BCUT2D eigenvalue weighted by Crippen LogP contribution is -2.38. The Morgan fingerprint density at radius 3 is 1.33 bits per heavy atom. The zero-order valence-electron chi connectivity index (χ0n) is 59.7. The predicted octanol–water partition coefficient (Wildman–Crippen LogP) is 13.1. The van der Waals surface area contributed by atoms with Crippen LogP contribution in [0.15, 0.2) is 196 Å². The summed E-state index contributed by atoms with van der Waals surface area (Å²) in [5, 5.41) is 8.40. The number of nitrogens with one attached hydrogen (secondary N) is 3. The van der Waals surface area contributed by atoms with E-state index in [0.29, 0.717) is 53.8 Å². The van der Waals surface area contributed by atoms with Gasteiger partial charge in [0.25, 0.3) is 23.6 Å². The highest BCUT2D eigenvalue weighted by Crippen LogP contribution is 2.40. The van der Waals surface area contributed by atoms with Crippen molar-refractivity contribution in [1.29, 1.82) is 0 Å². The second-order valence-electron chi connectivity index (χ2n) is 26.1. The van der Waals surface area contributed by atoms with Crippen LogP contribution in [0.2, 0.25) is 0 Å². The van der Waals surface area contributed by atoms with Crippen LogP contribution in [0.4, 0.5) is 17.5 Å². The Kier molecular flexibility index (Phi) is 21.2. The van der Waals surface area contributed by atoms with E-state index < -0.39 is 0 Å². The molecule has 6 amide bonds. The van der Waals surface area contributed by atoms with Crippen LogP contribution in [0.25, 0.3) is 50.3 Å². The number of aryl methyl sites for hydroxylation is 5. The molecule has 24 heteroatoms. The van der Waals surface area contributed by atoms with Crippen LogP contribution in [0, 0.1) is 46.5 Å². The largest absolute Gasteiger partial charge is 0.338 e. The number of rotatable bonds is 14. The highest BCUT2D eigenvalue weighted by atomic mass is 16.2. The van der Waals surface area contributed by atoms with E-state index in [2.05, 4.69) is 84.1 Å². The van der Waals surface area contributed by atoms with Crippen molar-refractivity contribution < 1.29 is 28.8 Å². The molecule has 12 heterocycles. The second-order valence-corrected chi connectivity index (χ2v) is 26.1. The minimum Gasteiger partial charge on any atom is -0.338 e. The van der Waals surface area contributed by atoms with E-state index in [1.165, 1.54) is 12.2 Å². The minimum absolute atomic E-state index is 0.0475. The first-order chi connectivity index (χ1) is 51.5. The maximum absolute atomic E-state index is 12.7. The molecule has 3 aromatic carbocycles. The van der Waals surface area contributed by atoms with Crippen molar-refractivity contribution in [3.8, 4) is 45.6 Å². The van der Waals surface area contributed by atoms with Gasteiger partial charge in [-0.3, -0.25) is 56.9 Å². The fourth-order valence-corrected chi connectivity index (χ4v) is 14.0. The first-order valence-corrected chi connectivity index (χ1v) is 35.1. The molecular formula is C82H78N18O6. The lowest BCUT2D eigenvalue weighted by molar-refractivity contribution is -0.127. The summed E-state index contributed by atoms with van der Waals surface area (Å²) in [6, 6.07) is 37.8. The summed E-state index contributed by atoms with van der Waals surface area (Å²) >= 11 is 0. The number of hydrogen-bond acceptors (Lipinski definition) is 15. The Morgan fingerprint density at radius 2 is 0.887 bits per heavy atom. The number of benzene rings is 3. The van der Waals surface area contributed by atoms with E-state index in [0.717, 1.165) is 141 Å². The number of carbonyl (C=O) groups is 6. The van der Waals surface area contributed by atoms with Crippen molar-refractivity contribution in [1.82, 2.24) is 72.8 Å². The molecule has 9 aromatic heterocycles. The highest BCUT2D eigenvalue weighted by molar-refractivity contribution is 6.06. The smallest absolute Gasteiger partial charge is 0.299 e. The fourth-order valence-electron chi connectivity index (χ4n) is 14.0. The number of pyridine rings is 3. The first kappa shape index (κ1) is 71.2. The van der Waals surface area contributed by atoms with Gasteiger partial charge in [0, 0.05) is 120 Å². The standard InChI is InChI=1S/C28H26N6O2.2C27H26N6O2/c1-4-8-24(35)33-16-7-9-22(33)27-32-25(26-19(3)30-17-18(2)34(26)27)20-11-13-21(14-12-20)28(36)31-23-10-5-6-15-29-23;1-4-23(34)32-15-7-8-21(32)26-31-24(25-18(3)29-16-17(2)33(25)26)19-10-12-20(13-11-19)27(35)30-22-9-5-6-14-28-22;1-3-24(34)32-14-6-7-21(17-32)26-31-25(22-16-28-15-18(2)33(22)26)19-9-11-20(12-10-19)27(35)30-23-8-4-5-13-29-23/h5-6,10-15,17,22H,7,9,16H2,1-3H3,(H,29,31,36);4-6,9-14,16,21H,1,7-8,15H2,2-3H3,(H,28,30,35);3-5,8-13,15-16,21H,1,6-7,14,17H2,2H3,(H,29,30,35)/t22-;2*21-/m001/s1. The van der Waals surface area contributed by atoms with Crippen LogP contribution in [0.1, 0.15) is 140 Å². The van der Waals surface area contributed by atoms with Gasteiger partial charge in [0.05, 0.1) is 63.3 Å². The van der Waals surface area contributed by atoms with E-state index in [4.69, 9.17) is 15.0 Å². The molecule has 0 radical (unpaired) electrons. The van der Waals surface area contributed by atoms with Crippen LogP contribution >= 0.6 is 0 Å². The van der Waals surface area contributed by atoms with Crippen molar-refractivity contribution in [2.45, 2.75) is 98.1 Å². The van der Waals surface area contributed by atoms with Crippen molar-refractivity contribution in [3.05, 3.63) is 259 Å². The number of likely N-dealkylation sites (tertiary alicyclic amines) is 3. The molecule has 15 rings (SSSR count). The number of hydrogen-bond donors (Lipinski definition) is 3. The van der Waals surface area contributed by atoms with Gasteiger partial charge in [-0.2, -0.15) is 0 Å². The Labute approximate surface area is 612 Å². The normalized spacial score (nSPS) is 15.3. The molecule has 0 saturated carbocycles. The quantitative estimate of drug-likeness (QED) is 0.0674. The number of piperidine rings is 1. The average molecular weight is 1410 g/mol. The van der Waals surface area contributed by atoms with Crippen molar-refractivity contribution >= 4 is 69.4 Å². The third-order valence-electron chi connectivity index (χ3n) is 19.1. The second kappa shape index (κ2) is 31.6. The number of anilines is 3. The Balaban J connectivity index is 0.000000141. The predicted molar refractivity (Wildman–Crippen MR) is 405 cm³/mol. The van der Waals surface area contributed by atoms with Gasteiger partial charge in [-0.1, -0.05) is 73.7 Å². The van der Waals surface area contributed by atoms with E-state index in [1.54, 1.807) is 98.3 Å². The number of fused-ring (bicyclic) bond motifs is 3. The van der Waals surface area contributed by atoms with Gasteiger partial charge in [-0.05, 0) is 171 Å². The van der Waals surface area contributed by atoms with E-state index in [9.17, 15) is 28.8 Å². The average Bonchev–Trinajstić information content (AvgIpc) is 1.60. The minimum atomic E-state index is -0.235. The van der Waals surface area contributed by atoms with Crippen molar-refractivity contribution in [2.75, 3.05) is 42.1 Å². The number of carbonyl (C=O) groups excluding carboxylic acids is 6. The summed E-state index contributed by atoms with van der Waals surface area (Å²) in [4.78, 5) is 122. The molecule has 3 aliphatic heterocycles. The molecule has 0 bridgehead atoms. The summed E-state index contributed by atoms with van der Waals surface area (Å²) in [5.41, 5.74) is 13.8. The molecule has 3 aliphatic rings. The Bertz CT molecular complexity index is 5400. The van der Waals surface area contributed by atoms with Gasteiger partial charge < -0.3 is 30.7 Å². The topological polar surface area (TPSA) is 277 Å². The lowest BCUT2D eigenvalue weighted by atomic mass is 9.97. The maximum Gasteiger partial charge on any atom is 0.299 e. The Hall–Kier alpha value is -13.2. The van der Waals surface area contributed by atoms with Gasteiger partial charge in [0.15, 0.2) is 0 Å². The van der Waals surface area contributed by atoms with Crippen LogP contribution in [0.3, 0.4) is 0 Å². The molecule has 3 atom stereocenters. The monoisotopic (exact) mass is 1410 g/mol. The Morgan fingerprint density at radius 1 is 0.462 bits per heavy atom. The SMILES string of the molecule is C=CC(=O)N1CCC[C@@H](c2nc(-c3ccc(C(=O)Nc4ccccn4)cc3)c3cncc(C)n23)C1.C=CC(=O)N1CCC[C@H]1c1nc(-c2ccc(C(=O)Nc3ccccn3)cc2)c2c(C)ncc(C)n12.CC#CC(=O)N1CCC[C@H]1c1nc(-c2ccc(C(=O)Nc3ccccn3)cc2)c2c(C)ncc(C)n12. The van der Waals surface area contributed by atoms with Gasteiger partial charge in [-0.15, -0.1) is 0 Å². The lowest BCUT2D eigenvalue weighted by Gasteiger charge is -2.31. The first-order valence-electron chi connectivity index (χ1n) is 35.1. The summed E-state index contributed by atoms with van der Waals surface area (Å²) in [6.07, 6.45) is 20.3. The van der Waals surface area contributed by atoms with Gasteiger partial charge in [-0.25, -0.2) is 29.9 Å². The molecule has 3 fully saturated rings. The van der Waals surface area contributed by atoms with Gasteiger partial charge in [0.1, 0.15) is 34.9 Å². The molecule has 0 spiro atoms. The number of nitrogens with zero attached hydrogens (tertiary/aromatic N) is 15. The number of aromatic nitrogens is 12.